The number of nitrogens with one attached hydrogen (secondary N) is 2. The van der Waals surface area contributed by atoms with E-state index in [4.69, 9.17) is 0 Å². The van der Waals surface area contributed by atoms with Gasteiger partial charge in [0.2, 0.25) is 15.9 Å². The summed E-state index contributed by atoms with van der Waals surface area (Å²) in [7, 11) is -2.52. The summed E-state index contributed by atoms with van der Waals surface area (Å²) in [6, 6.07) is 2.88. The Bertz CT molecular complexity index is 1340. The lowest BCUT2D eigenvalue weighted by atomic mass is 9.92. The molecule has 0 unspecified atom stereocenters. The van der Waals surface area contributed by atoms with Gasteiger partial charge in [-0.2, -0.15) is 10.1 Å². The molecule has 2 heterocycles. The molecule has 0 spiro atoms. The maximum absolute atomic E-state index is 13.3. The fraction of sp³-hybridized carbons (Fsp3) is 0.591. The van der Waals surface area contributed by atoms with E-state index in [0.717, 1.165) is 23.8 Å². The van der Waals surface area contributed by atoms with Gasteiger partial charge in [-0.05, 0) is 50.5 Å². The van der Waals surface area contributed by atoms with Crippen LogP contribution in [0.1, 0.15) is 54.7 Å². The number of thiophene rings is 1. The van der Waals surface area contributed by atoms with Gasteiger partial charge in [-0.15, -0.1) is 11.3 Å². The number of amides is 1. The molecule has 2 aromatic rings. The number of hydrogen-bond donors (Lipinski definition) is 2. The summed E-state index contributed by atoms with van der Waals surface area (Å²) in [6.45, 7) is 0. The van der Waals surface area contributed by atoms with Gasteiger partial charge >= 0.3 is 0 Å². The lowest BCUT2D eigenvalue weighted by Crippen LogP contribution is -2.45. The van der Waals surface area contributed by atoms with E-state index in [0.29, 0.717) is 18.4 Å². The molecule has 1 atom stereocenters. The van der Waals surface area contributed by atoms with Crippen molar-refractivity contribution in [2.24, 2.45) is 23.0 Å². The van der Waals surface area contributed by atoms with Gasteiger partial charge in [0.25, 0.3) is 6.43 Å². The first kappa shape index (κ1) is 25.1. The maximum Gasteiger partial charge on any atom is 0.282 e. The smallest absolute Gasteiger partial charge is 0.282 e. The number of sulfonamides is 1. The zero-order valence-corrected chi connectivity index (χ0v) is 21.0. The summed E-state index contributed by atoms with van der Waals surface area (Å²) >= 11 is 1.25. The van der Waals surface area contributed by atoms with Crippen molar-refractivity contribution in [3.63, 3.8) is 0 Å². The van der Waals surface area contributed by atoms with Crippen molar-refractivity contribution in [3.05, 3.63) is 22.2 Å². The summed E-state index contributed by atoms with van der Waals surface area (Å²) in [5.74, 6) is -0.124. The molecule has 36 heavy (non-hydrogen) atoms. The average molecular weight is 543 g/mol. The minimum absolute atomic E-state index is 0.0313. The van der Waals surface area contributed by atoms with Gasteiger partial charge in [-0.1, -0.05) is 0 Å². The number of hydrogen-bond acceptors (Lipinski definition) is 7. The van der Waals surface area contributed by atoms with E-state index in [1.807, 2.05) is 0 Å². The number of rotatable bonds is 8. The number of carbonyl (C=O) groups is 1. The molecule has 1 amide bonds. The number of carbonyl (C=O) groups excluding carboxylic acids is 1. The second-order valence-corrected chi connectivity index (χ2v) is 12.2. The number of fused-ring (bicyclic) bond motifs is 1. The predicted octanol–water partition coefficient (Wildman–Crippen LogP) is 3.91. The van der Waals surface area contributed by atoms with Crippen molar-refractivity contribution in [1.29, 1.82) is 0 Å². The monoisotopic (exact) mass is 542 g/mol. The predicted molar refractivity (Wildman–Crippen MR) is 127 cm³/mol. The molecule has 5 rings (SSSR count). The average Bonchev–Trinajstić information content (AvgIpc) is 3.48. The number of aliphatic imine (C=N–C) groups is 2. The van der Waals surface area contributed by atoms with Crippen LogP contribution in [-0.4, -0.2) is 48.4 Å². The zero-order valence-electron chi connectivity index (χ0n) is 19.4. The van der Waals surface area contributed by atoms with Crippen molar-refractivity contribution in [1.82, 2.24) is 14.5 Å². The van der Waals surface area contributed by atoms with Crippen molar-refractivity contribution in [2.75, 3.05) is 5.32 Å². The van der Waals surface area contributed by atoms with Crippen LogP contribution in [0.25, 0.3) is 0 Å². The van der Waals surface area contributed by atoms with Crippen LogP contribution in [0.5, 0.6) is 0 Å². The first-order valence-electron chi connectivity index (χ1n) is 11.7. The SMILES string of the molecule is Cn1nc(C(F)F)cc1N=C=N[C@H]1CCc2sc(NC(=O)C3CC3)c(S(=O)(=O)NC3CC(F)C3)c2C1. The molecule has 14 heteroatoms. The van der Waals surface area contributed by atoms with Crippen molar-refractivity contribution in [2.45, 2.75) is 74.5 Å². The number of aryl methyl sites for hydroxylation is 2. The van der Waals surface area contributed by atoms with E-state index in [9.17, 15) is 26.4 Å². The molecule has 3 aliphatic carbocycles. The van der Waals surface area contributed by atoms with Gasteiger partial charge < -0.3 is 5.32 Å². The Hall–Kier alpha value is -2.54. The summed E-state index contributed by atoms with van der Waals surface area (Å²) in [5.41, 5.74) is 0.185. The van der Waals surface area contributed by atoms with Crippen molar-refractivity contribution in [3.8, 4) is 0 Å². The Kier molecular flexibility index (Phi) is 6.79. The molecule has 0 bridgehead atoms. The summed E-state index contributed by atoms with van der Waals surface area (Å²) < 4.78 is 69.5. The topological polar surface area (TPSA) is 118 Å². The highest BCUT2D eigenvalue weighted by atomic mass is 32.2. The molecule has 2 N–H and O–H groups in total. The second kappa shape index (κ2) is 9.73. The van der Waals surface area contributed by atoms with Gasteiger partial charge in [0.1, 0.15) is 21.8 Å². The minimum Gasteiger partial charge on any atom is -0.316 e. The van der Waals surface area contributed by atoms with Gasteiger partial charge in [0.05, 0.1) is 12.1 Å². The maximum atomic E-state index is 13.3. The number of aromatic nitrogens is 2. The number of nitrogens with zero attached hydrogens (tertiary/aromatic N) is 4. The third-order valence-electron chi connectivity index (χ3n) is 6.54. The Morgan fingerprint density at radius 2 is 2.06 bits per heavy atom. The Morgan fingerprint density at radius 1 is 1.31 bits per heavy atom. The first-order valence-corrected chi connectivity index (χ1v) is 14.0. The normalized spacial score (nSPS) is 23.5. The molecular weight excluding hydrogens is 517 g/mol. The van der Waals surface area contributed by atoms with Crippen molar-refractivity contribution >= 4 is 44.1 Å². The molecule has 0 aliphatic heterocycles. The fourth-order valence-electron chi connectivity index (χ4n) is 4.35. The Labute approximate surface area is 210 Å². The largest absolute Gasteiger partial charge is 0.316 e. The highest BCUT2D eigenvalue weighted by Crippen LogP contribution is 2.43. The molecule has 0 radical (unpaired) electrons. The Morgan fingerprint density at radius 3 is 2.69 bits per heavy atom. The quantitative estimate of drug-likeness (QED) is 0.492. The number of halogens is 3. The van der Waals surface area contributed by atoms with E-state index in [2.05, 4.69) is 31.1 Å². The molecule has 2 saturated carbocycles. The summed E-state index contributed by atoms with van der Waals surface area (Å²) in [6.07, 6.45) is -0.475. The molecule has 9 nitrogen and oxygen atoms in total. The Balaban J connectivity index is 1.40. The van der Waals surface area contributed by atoms with Crippen LogP contribution in [0.4, 0.5) is 24.0 Å². The number of anilines is 1. The van der Waals surface area contributed by atoms with Crippen LogP contribution >= 0.6 is 11.3 Å². The molecule has 194 valence electrons. The molecular formula is C22H25F3N6O3S2. The van der Waals surface area contributed by atoms with Crippen molar-refractivity contribution < 1.29 is 26.4 Å². The summed E-state index contributed by atoms with van der Waals surface area (Å²) in [4.78, 5) is 21.6. The van der Waals surface area contributed by atoms with Crippen LogP contribution in [0.15, 0.2) is 20.9 Å². The fourth-order valence-corrected chi connectivity index (χ4v) is 7.59. The van der Waals surface area contributed by atoms with E-state index >= 15 is 0 Å². The van der Waals surface area contributed by atoms with E-state index in [1.54, 1.807) is 0 Å². The van der Waals surface area contributed by atoms with Gasteiger partial charge in [0, 0.05) is 30.0 Å². The minimum atomic E-state index is -4.01. The van der Waals surface area contributed by atoms with Gasteiger partial charge in [0.15, 0.2) is 5.82 Å². The molecule has 3 aliphatic rings. The van der Waals surface area contributed by atoms with Crippen LogP contribution in [-0.2, 0) is 34.7 Å². The number of alkyl halides is 3. The second-order valence-electron chi connectivity index (χ2n) is 9.40. The highest BCUT2D eigenvalue weighted by molar-refractivity contribution is 7.90. The van der Waals surface area contributed by atoms with Crippen LogP contribution < -0.4 is 10.0 Å². The summed E-state index contributed by atoms with van der Waals surface area (Å²) in [5, 5.41) is 6.78. The van der Waals surface area contributed by atoms with Crippen LogP contribution in [0.3, 0.4) is 0 Å². The highest BCUT2D eigenvalue weighted by Gasteiger charge is 2.39. The van der Waals surface area contributed by atoms with Crippen LogP contribution in [0, 0.1) is 5.92 Å². The third kappa shape index (κ3) is 5.26. The van der Waals surface area contributed by atoms with E-state index < -0.39 is 34.4 Å². The molecule has 2 fully saturated rings. The van der Waals surface area contributed by atoms with Gasteiger partial charge in [-0.3, -0.25) is 4.79 Å². The van der Waals surface area contributed by atoms with Crippen LogP contribution in [0.2, 0.25) is 0 Å². The lowest BCUT2D eigenvalue weighted by molar-refractivity contribution is -0.117. The van der Waals surface area contributed by atoms with E-state index in [1.165, 1.54) is 23.1 Å². The lowest BCUT2D eigenvalue weighted by Gasteiger charge is -2.30. The third-order valence-corrected chi connectivity index (χ3v) is 9.51. The van der Waals surface area contributed by atoms with Gasteiger partial charge in [-0.25, -0.2) is 36.0 Å². The zero-order chi connectivity index (χ0) is 25.6. The molecule has 2 aromatic heterocycles. The molecule has 0 saturated heterocycles. The molecule has 0 aromatic carbocycles. The standard InChI is InChI=1S/C22H25F3N6O3S2/c1-31-18(9-16(29-31)20(24)25)27-10-26-13-4-5-17-15(8-13)19(22(35-17)28-21(32)11-2-3-11)36(33,34)30-14-6-12(23)7-14/h9,11-14,20,30H,2-8H2,1H3,(H,28,32)/t12?,13-,14?/m0/s1. The first-order chi connectivity index (χ1) is 17.1. The van der Waals surface area contributed by atoms with E-state index in [-0.39, 0.29) is 52.8 Å².